The van der Waals surface area contributed by atoms with Crippen molar-refractivity contribution in [3.8, 4) is 5.75 Å². The Hall–Kier alpha value is -3.17. The molecule has 0 bridgehead atoms. The van der Waals surface area contributed by atoms with E-state index in [1.807, 2.05) is 29.2 Å². The highest BCUT2D eigenvalue weighted by molar-refractivity contribution is 5.94. The fourth-order valence-electron chi connectivity index (χ4n) is 5.90. The maximum Gasteiger partial charge on any atom is 0.222 e. The van der Waals surface area contributed by atoms with Crippen LogP contribution in [0.25, 0.3) is 10.9 Å². The second-order valence-electron chi connectivity index (χ2n) is 11.0. The van der Waals surface area contributed by atoms with Crippen LogP contribution in [0.3, 0.4) is 0 Å². The predicted molar refractivity (Wildman–Crippen MR) is 155 cm³/mol. The summed E-state index contributed by atoms with van der Waals surface area (Å²) < 4.78 is 7.77. The number of ether oxygens (including phenoxy) is 1. The van der Waals surface area contributed by atoms with Gasteiger partial charge in [0.2, 0.25) is 5.91 Å². The monoisotopic (exact) mass is 533 g/mol. The minimum Gasteiger partial charge on any atom is -0.494 e. The minimum absolute atomic E-state index is 0.0655. The maximum atomic E-state index is 13.2. The predicted octanol–water partition coefficient (Wildman–Crippen LogP) is 3.88. The molecule has 210 valence electrons. The van der Waals surface area contributed by atoms with Gasteiger partial charge in [-0.25, -0.2) is 0 Å². The lowest BCUT2D eigenvalue weighted by Crippen LogP contribution is -2.38. The molecule has 9 heteroatoms. The van der Waals surface area contributed by atoms with E-state index in [-0.39, 0.29) is 18.0 Å². The topological polar surface area (TPSA) is 78.8 Å². The van der Waals surface area contributed by atoms with Crippen molar-refractivity contribution in [3.63, 3.8) is 0 Å². The number of nitrogens with one attached hydrogen (secondary N) is 1. The zero-order valence-corrected chi connectivity index (χ0v) is 23.7. The Labute approximate surface area is 232 Å². The molecule has 5 rings (SSSR count). The molecule has 0 saturated carbocycles. The van der Waals surface area contributed by atoms with Gasteiger partial charge in [-0.15, -0.1) is 0 Å². The number of likely N-dealkylation sites (tertiary alicyclic amines) is 1. The molecule has 2 aliphatic heterocycles. The molecular weight excluding hydrogens is 490 g/mol. The van der Waals surface area contributed by atoms with Gasteiger partial charge in [-0.1, -0.05) is 6.07 Å². The molecule has 4 heterocycles. The first-order valence-electron chi connectivity index (χ1n) is 14.5. The van der Waals surface area contributed by atoms with Crippen molar-refractivity contribution < 1.29 is 9.53 Å². The van der Waals surface area contributed by atoms with Gasteiger partial charge in [0.1, 0.15) is 11.4 Å². The van der Waals surface area contributed by atoms with Gasteiger partial charge in [-0.05, 0) is 70.5 Å². The summed E-state index contributed by atoms with van der Waals surface area (Å²) in [7, 11) is 1.72. The highest BCUT2D eigenvalue weighted by Gasteiger charge is 2.29. The lowest BCUT2D eigenvalue weighted by atomic mass is 10.1. The van der Waals surface area contributed by atoms with Gasteiger partial charge in [0.05, 0.1) is 24.4 Å². The first-order chi connectivity index (χ1) is 19.0. The van der Waals surface area contributed by atoms with Crippen LogP contribution in [0.2, 0.25) is 0 Å². The first-order valence-corrected chi connectivity index (χ1v) is 14.5. The Bertz CT molecular complexity index is 1240. The molecule has 9 nitrogen and oxygen atoms in total. The SMILES string of the molecule is COc1ccc2cccnc2c1N1CCCN(C(CC(=O)NCCN2CCCC2)c2ccn(C(C)C)n2)CC1. The second-order valence-corrected chi connectivity index (χ2v) is 11.0. The van der Waals surface area contributed by atoms with E-state index in [1.54, 1.807) is 7.11 Å². The van der Waals surface area contributed by atoms with Gasteiger partial charge in [-0.3, -0.25) is 19.4 Å². The van der Waals surface area contributed by atoms with E-state index in [0.29, 0.717) is 13.0 Å². The number of carbonyl (C=O) groups excluding carboxylic acids is 1. The molecule has 2 aromatic heterocycles. The molecular formula is C30H43N7O2. The molecule has 0 radical (unpaired) electrons. The van der Waals surface area contributed by atoms with E-state index in [0.717, 1.165) is 80.3 Å². The molecule has 1 aromatic carbocycles. The molecule has 0 aliphatic carbocycles. The van der Waals surface area contributed by atoms with Crippen LogP contribution < -0.4 is 15.0 Å². The Morgan fingerprint density at radius 3 is 2.64 bits per heavy atom. The third kappa shape index (κ3) is 6.53. The number of carbonyl (C=O) groups is 1. The van der Waals surface area contributed by atoms with Crippen LogP contribution in [-0.2, 0) is 4.79 Å². The number of anilines is 1. The summed E-state index contributed by atoms with van der Waals surface area (Å²) in [4.78, 5) is 25.1. The van der Waals surface area contributed by atoms with Crippen LogP contribution in [0.5, 0.6) is 5.75 Å². The summed E-state index contributed by atoms with van der Waals surface area (Å²) in [5, 5.41) is 9.20. The van der Waals surface area contributed by atoms with Crippen molar-refractivity contribution in [3.05, 3.63) is 48.4 Å². The van der Waals surface area contributed by atoms with Gasteiger partial charge in [0.25, 0.3) is 0 Å². The van der Waals surface area contributed by atoms with Crippen LogP contribution in [0.15, 0.2) is 42.7 Å². The first kappa shape index (κ1) is 27.4. The highest BCUT2D eigenvalue weighted by atomic mass is 16.5. The van der Waals surface area contributed by atoms with E-state index in [4.69, 9.17) is 14.8 Å². The molecule has 2 saturated heterocycles. The fourth-order valence-corrected chi connectivity index (χ4v) is 5.90. The zero-order valence-electron chi connectivity index (χ0n) is 23.7. The molecule has 1 amide bonds. The van der Waals surface area contributed by atoms with E-state index in [1.165, 1.54) is 12.8 Å². The summed E-state index contributed by atoms with van der Waals surface area (Å²) >= 11 is 0. The summed E-state index contributed by atoms with van der Waals surface area (Å²) in [5.74, 6) is 0.943. The van der Waals surface area contributed by atoms with E-state index >= 15 is 0 Å². The van der Waals surface area contributed by atoms with Crippen molar-refractivity contribution >= 4 is 22.5 Å². The number of amides is 1. The van der Waals surface area contributed by atoms with Crippen LogP contribution in [-0.4, -0.2) is 89.9 Å². The van der Waals surface area contributed by atoms with Crippen LogP contribution in [0.4, 0.5) is 5.69 Å². The maximum absolute atomic E-state index is 13.2. The number of rotatable bonds is 10. The van der Waals surface area contributed by atoms with Crippen LogP contribution in [0, 0.1) is 0 Å². The average molecular weight is 534 g/mol. The van der Waals surface area contributed by atoms with E-state index < -0.39 is 0 Å². The number of benzene rings is 1. The lowest BCUT2D eigenvalue weighted by Gasteiger charge is -2.30. The number of pyridine rings is 1. The summed E-state index contributed by atoms with van der Waals surface area (Å²) in [6.07, 6.45) is 7.80. The van der Waals surface area contributed by atoms with Gasteiger partial charge in [0, 0.05) is 69.5 Å². The number of methoxy groups -OCH3 is 1. The summed E-state index contributed by atoms with van der Waals surface area (Å²) in [6, 6.07) is 10.5. The largest absolute Gasteiger partial charge is 0.494 e. The van der Waals surface area contributed by atoms with E-state index in [2.05, 4.69) is 52.1 Å². The molecule has 39 heavy (non-hydrogen) atoms. The molecule has 2 aliphatic rings. The number of hydrogen-bond acceptors (Lipinski definition) is 7. The third-order valence-electron chi connectivity index (χ3n) is 8.05. The molecule has 3 aromatic rings. The minimum atomic E-state index is -0.0655. The number of aromatic nitrogens is 3. The van der Waals surface area contributed by atoms with Crippen molar-refractivity contribution in [1.82, 2.24) is 29.9 Å². The molecule has 0 spiro atoms. The van der Waals surface area contributed by atoms with Crippen LogP contribution >= 0.6 is 0 Å². The Morgan fingerprint density at radius 2 is 1.87 bits per heavy atom. The third-order valence-corrected chi connectivity index (χ3v) is 8.05. The molecule has 1 N–H and O–H groups in total. The summed E-state index contributed by atoms with van der Waals surface area (Å²) in [6.45, 7) is 11.6. The molecule has 1 atom stereocenters. The van der Waals surface area contributed by atoms with Crippen molar-refractivity contribution in [2.45, 2.75) is 51.6 Å². The Morgan fingerprint density at radius 1 is 1.03 bits per heavy atom. The van der Waals surface area contributed by atoms with Crippen molar-refractivity contribution in [1.29, 1.82) is 0 Å². The van der Waals surface area contributed by atoms with Gasteiger partial charge >= 0.3 is 0 Å². The second kappa shape index (κ2) is 12.8. The number of hydrogen-bond donors (Lipinski definition) is 1. The zero-order chi connectivity index (χ0) is 27.2. The fraction of sp³-hybridized carbons (Fsp3) is 0.567. The van der Waals surface area contributed by atoms with Crippen molar-refractivity contribution in [2.75, 3.05) is 64.4 Å². The number of fused-ring (bicyclic) bond motifs is 1. The molecule has 2 fully saturated rings. The van der Waals surface area contributed by atoms with Gasteiger partial charge < -0.3 is 19.9 Å². The van der Waals surface area contributed by atoms with E-state index in [9.17, 15) is 4.79 Å². The summed E-state index contributed by atoms with van der Waals surface area (Å²) in [5.41, 5.74) is 2.99. The average Bonchev–Trinajstić information content (AvgIpc) is 3.60. The van der Waals surface area contributed by atoms with Gasteiger partial charge in [0.15, 0.2) is 0 Å². The van der Waals surface area contributed by atoms with Crippen LogP contribution in [0.1, 0.15) is 57.3 Å². The Balaban J connectivity index is 1.32. The molecule has 1 unspecified atom stereocenters. The highest BCUT2D eigenvalue weighted by Crippen LogP contribution is 2.36. The number of nitrogens with zero attached hydrogens (tertiary/aromatic N) is 6. The normalized spacial score (nSPS) is 18.0. The smallest absolute Gasteiger partial charge is 0.222 e. The standard InChI is InChI=1S/C30H43N7O2/c1-23(2)37-18-11-25(33-37)26(22-28(38)31-13-19-34-14-4-5-15-34)35-16-7-17-36(21-20-35)30-27(39-3)10-9-24-8-6-12-32-29(24)30/h6,8-12,18,23,26H,4-5,7,13-17,19-22H2,1-3H3,(H,31,38). The lowest BCUT2D eigenvalue weighted by molar-refractivity contribution is -0.122. The quantitative estimate of drug-likeness (QED) is 0.424. The van der Waals surface area contributed by atoms with Gasteiger partial charge in [-0.2, -0.15) is 5.10 Å². The Kier molecular flexibility index (Phi) is 8.98. The van der Waals surface area contributed by atoms with Crippen molar-refractivity contribution in [2.24, 2.45) is 0 Å².